The second-order valence-electron chi connectivity index (χ2n) is 5.86. The fourth-order valence-electron chi connectivity index (χ4n) is 1.49. The summed E-state index contributed by atoms with van der Waals surface area (Å²) in [5.74, 6) is -2.67. The Kier molecular flexibility index (Phi) is 5.73. The monoisotopic (exact) mass is 383 g/mol. The lowest BCUT2D eigenvalue weighted by atomic mass is 9.95. The Balaban J connectivity index is 3.44. The van der Waals surface area contributed by atoms with Crippen molar-refractivity contribution in [3.05, 3.63) is 23.8 Å². The molecule has 0 unspecified atom stereocenters. The van der Waals surface area contributed by atoms with E-state index in [-0.39, 0.29) is 5.69 Å². The highest BCUT2D eigenvalue weighted by atomic mass is 32.2. The van der Waals surface area contributed by atoms with E-state index >= 15 is 0 Å². The van der Waals surface area contributed by atoms with E-state index in [1.807, 2.05) is 0 Å². The highest BCUT2D eigenvalue weighted by Crippen LogP contribution is 2.33. The van der Waals surface area contributed by atoms with Crippen LogP contribution < -0.4 is 9.50 Å². The van der Waals surface area contributed by atoms with E-state index in [2.05, 4.69) is 14.2 Å². The molecule has 7 nitrogen and oxygen atoms in total. The molecule has 0 aromatic heterocycles. The SMILES string of the molecule is COC(=O)c1c(NC(=O)C(C)(C)C)cccc1OS(=O)(=O)C(F)(F)F. The van der Waals surface area contributed by atoms with E-state index in [0.29, 0.717) is 0 Å². The van der Waals surface area contributed by atoms with Crippen molar-refractivity contribution in [2.24, 2.45) is 5.41 Å². The van der Waals surface area contributed by atoms with Crippen molar-refractivity contribution in [2.45, 2.75) is 26.3 Å². The summed E-state index contributed by atoms with van der Waals surface area (Å²) < 4.78 is 68.3. The number of halogens is 3. The third-order valence-corrected chi connectivity index (χ3v) is 3.79. The molecule has 1 rings (SSSR count). The molecule has 0 spiro atoms. The summed E-state index contributed by atoms with van der Waals surface area (Å²) in [7, 11) is -5.07. The van der Waals surface area contributed by atoms with Gasteiger partial charge in [-0.1, -0.05) is 26.8 Å². The van der Waals surface area contributed by atoms with Crippen LogP contribution in [0.4, 0.5) is 18.9 Å². The Morgan fingerprint density at radius 3 is 2.12 bits per heavy atom. The number of carbonyl (C=O) groups is 2. The largest absolute Gasteiger partial charge is 0.534 e. The van der Waals surface area contributed by atoms with Gasteiger partial charge in [-0.05, 0) is 12.1 Å². The number of anilines is 1. The summed E-state index contributed by atoms with van der Waals surface area (Å²) >= 11 is 0. The molecule has 0 heterocycles. The number of esters is 1. The lowest BCUT2D eigenvalue weighted by Gasteiger charge is -2.20. The molecule has 0 aliphatic rings. The normalized spacial score (nSPS) is 12.4. The van der Waals surface area contributed by atoms with E-state index in [1.54, 1.807) is 20.8 Å². The summed E-state index contributed by atoms with van der Waals surface area (Å²) in [6, 6.07) is 3.15. The van der Waals surface area contributed by atoms with E-state index in [9.17, 15) is 31.2 Å². The lowest BCUT2D eigenvalue weighted by Crippen LogP contribution is -2.30. The first-order valence-corrected chi connectivity index (χ1v) is 8.15. The zero-order valence-electron chi connectivity index (χ0n) is 13.7. The van der Waals surface area contributed by atoms with Crippen molar-refractivity contribution in [3.63, 3.8) is 0 Å². The van der Waals surface area contributed by atoms with E-state index < -0.39 is 44.2 Å². The summed E-state index contributed by atoms with van der Waals surface area (Å²) in [6.07, 6.45) is 0. The third kappa shape index (κ3) is 4.84. The number of alkyl halides is 3. The highest BCUT2D eigenvalue weighted by molar-refractivity contribution is 7.88. The van der Waals surface area contributed by atoms with Gasteiger partial charge in [0.05, 0.1) is 12.8 Å². The quantitative estimate of drug-likeness (QED) is 0.488. The number of benzene rings is 1. The number of rotatable bonds is 4. The number of ether oxygens (including phenoxy) is 1. The predicted octanol–water partition coefficient (Wildman–Crippen LogP) is 2.69. The number of amides is 1. The van der Waals surface area contributed by atoms with E-state index in [4.69, 9.17) is 0 Å². The highest BCUT2D eigenvalue weighted by Gasteiger charge is 2.49. The van der Waals surface area contributed by atoms with E-state index in [1.165, 1.54) is 6.07 Å². The van der Waals surface area contributed by atoms with Crippen LogP contribution in [0.2, 0.25) is 0 Å². The molecule has 140 valence electrons. The maximum absolute atomic E-state index is 12.5. The average molecular weight is 383 g/mol. The summed E-state index contributed by atoms with van der Waals surface area (Å²) in [4.78, 5) is 23.9. The molecular weight excluding hydrogens is 367 g/mol. The van der Waals surface area contributed by atoms with Crippen LogP contribution in [0.5, 0.6) is 5.75 Å². The van der Waals surface area contributed by atoms with Crippen LogP contribution in [-0.4, -0.2) is 32.9 Å². The smallest absolute Gasteiger partial charge is 0.465 e. The van der Waals surface area contributed by atoms with Crippen molar-refractivity contribution < 1.29 is 40.1 Å². The molecule has 1 aromatic carbocycles. The van der Waals surface area contributed by atoms with Gasteiger partial charge in [0.25, 0.3) is 0 Å². The average Bonchev–Trinajstić information content (AvgIpc) is 2.44. The first-order chi connectivity index (χ1) is 11.2. The van der Waals surface area contributed by atoms with Gasteiger partial charge in [-0.25, -0.2) is 4.79 Å². The third-order valence-electron chi connectivity index (χ3n) is 2.83. The molecule has 1 N–H and O–H groups in total. The van der Waals surface area contributed by atoms with Crippen molar-refractivity contribution >= 4 is 27.7 Å². The van der Waals surface area contributed by atoms with Crippen molar-refractivity contribution in [1.29, 1.82) is 0 Å². The maximum atomic E-state index is 12.5. The molecule has 25 heavy (non-hydrogen) atoms. The van der Waals surface area contributed by atoms with Gasteiger partial charge in [0.1, 0.15) is 5.56 Å². The van der Waals surface area contributed by atoms with Gasteiger partial charge in [-0.3, -0.25) is 4.79 Å². The van der Waals surface area contributed by atoms with Crippen LogP contribution in [0.3, 0.4) is 0 Å². The number of carbonyl (C=O) groups excluding carboxylic acids is 2. The molecule has 1 amide bonds. The molecule has 0 aliphatic carbocycles. The number of hydrogen-bond donors (Lipinski definition) is 1. The van der Waals surface area contributed by atoms with Gasteiger partial charge in [0.15, 0.2) is 5.75 Å². The number of nitrogens with one attached hydrogen (secondary N) is 1. The fraction of sp³-hybridized carbons (Fsp3) is 0.429. The van der Waals surface area contributed by atoms with Crippen molar-refractivity contribution in [1.82, 2.24) is 0 Å². The summed E-state index contributed by atoms with van der Waals surface area (Å²) in [6.45, 7) is 4.69. The minimum atomic E-state index is -6.01. The molecule has 0 saturated heterocycles. The van der Waals surface area contributed by atoms with Crippen LogP contribution >= 0.6 is 0 Å². The molecule has 11 heteroatoms. The minimum Gasteiger partial charge on any atom is -0.465 e. The minimum absolute atomic E-state index is 0.248. The number of hydrogen-bond acceptors (Lipinski definition) is 6. The van der Waals surface area contributed by atoms with Crippen molar-refractivity contribution in [2.75, 3.05) is 12.4 Å². The van der Waals surface area contributed by atoms with Crippen LogP contribution in [0.15, 0.2) is 18.2 Å². The van der Waals surface area contributed by atoms with Gasteiger partial charge in [0.2, 0.25) is 5.91 Å². The Labute approximate surface area is 142 Å². The first kappa shape index (κ1) is 20.7. The van der Waals surface area contributed by atoms with Crippen LogP contribution in [0, 0.1) is 5.41 Å². The lowest BCUT2D eigenvalue weighted by molar-refractivity contribution is -0.123. The predicted molar refractivity (Wildman–Crippen MR) is 81.5 cm³/mol. The first-order valence-electron chi connectivity index (χ1n) is 6.74. The van der Waals surface area contributed by atoms with Crippen LogP contribution in [-0.2, 0) is 19.6 Å². The Morgan fingerprint density at radius 1 is 1.12 bits per heavy atom. The Bertz CT molecular complexity index is 781. The molecule has 0 radical (unpaired) electrons. The van der Waals surface area contributed by atoms with Crippen LogP contribution in [0.1, 0.15) is 31.1 Å². The van der Waals surface area contributed by atoms with E-state index in [0.717, 1.165) is 19.2 Å². The molecule has 0 atom stereocenters. The zero-order valence-corrected chi connectivity index (χ0v) is 14.5. The molecule has 0 aliphatic heterocycles. The molecule has 0 fully saturated rings. The van der Waals surface area contributed by atoms with Gasteiger partial charge in [-0.15, -0.1) is 0 Å². The zero-order chi connectivity index (χ0) is 19.6. The van der Waals surface area contributed by atoms with Crippen molar-refractivity contribution in [3.8, 4) is 5.75 Å². The van der Waals surface area contributed by atoms with Gasteiger partial charge in [0, 0.05) is 5.41 Å². The standard InChI is InChI=1S/C14H16F3NO6S/c1-13(2,3)12(20)18-8-6-5-7-9(10(8)11(19)23-4)24-25(21,22)14(15,16)17/h5-7H,1-4H3,(H,18,20). The number of methoxy groups -OCH3 is 1. The summed E-state index contributed by atoms with van der Waals surface area (Å²) in [5.41, 5.74) is -7.48. The second-order valence-corrected chi connectivity index (χ2v) is 7.40. The molecule has 0 bridgehead atoms. The van der Waals surface area contributed by atoms with Gasteiger partial charge < -0.3 is 14.2 Å². The molecule has 0 saturated carbocycles. The van der Waals surface area contributed by atoms with Gasteiger partial charge in [-0.2, -0.15) is 21.6 Å². The molecule has 1 aromatic rings. The summed E-state index contributed by atoms with van der Waals surface area (Å²) in [5, 5.41) is 2.33. The maximum Gasteiger partial charge on any atom is 0.534 e. The topological polar surface area (TPSA) is 98.8 Å². The van der Waals surface area contributed by atoms with Crippen LogP contribution in [0.25, 0.3) is 0 Å². The molecular formula is C14H16F3NO6S. The Morgan fingerprint density at radius 2 is 1.68 bits per heavy atom. The second kappa shape index (κ2) is 6.90. The fourth-order valence-corrected chi connectivity index (χ4v) is 1.96. The van der Waals surface area contributed by atoms with Gasteiger partial charge >= 0.3 is 21.6 Å². The Hall–Kier alpha value is -2.30.